The zero-order chi connectivity index (χ0) is 16.0. The summed E-state index contributed by atoms with van der Waals surface area (Å²) in [6.07, 6.45) is 3.54. The summed E-state index contributed by atoms with van der Waals surface area (Å²) >= 11 is 0. The van der Waals surface area contributed by atoms with Crippen LogP contribution in [0.4, 0.5) is 0 Å². The van der Waals surface area contributed by atoms with E-state index in [9.17, 15) is 9.59 Å². The number of carboxylic acid groups (broad SMARTS) is 1. The summed E-state index contributed by atoms with van der Waals surface area (Å²) in [7, 11) is 0. The quantitative estimate of drug-likeness (QED) is 0.625. The summed E-state index contributed by atoms with van der Waals surface area (Å²) < 4.78 is 1.41. The number of carbonyl (C=O) groups is 2. The van der Waals surface area contributed by atoms with Crippen molar-refractivity contribution in [1.29, 1.82) is 0 Å². The van der Waals surface area contributed by atoms with Crippen LogP contribution in [0, 0.1) is 0 Å². The maximum absolute atomic E-state index is 12.0. The SMILES string of the molecule is CCCC(C)NC(=O)C(C)n1cc(CC(N)C(=O)O)nn1. The zero-order valence-electron chi connectivity index (χ0n) is 12.6. The monoisotopic (exact) mass is 297 g/mol. The van der Waals surface area contributed by atoms with E-state index in [1.54, 1.807) is 13.1 Å². The highest BCUT2D eigenvalue weighted by atomic mass is 16.4. The topological polar surface area (TPSA) is 123 Å². The fourth-order valence-corrected chi connectivity index (χ4v) is 1.90. The standard InChI is InChI=1S/C13H23N5O3/c1-4-5-8(2)15-12(19)9(3)18-7-10(16-17-18)6-11(14)13(20)21/h7-9,11H,4-6,14H2,1-3H3,(H,15,19)(H,20,21). The second kappa shape index (κ2) is 7.72. The molecule has 3 atom stereocenters. The molecule has 1 rings (SSSR count). The number of rotatable bonds is 8. The van der Waals surface area contributed by atoms with Crippen molar-refractivity contribution in [3.8, 4) is 0 Å². The molecule has 0 aliphatic carbocycles. The number of nitrogens with one attached hydrogen (secondary N) is 1. The minimum Gasteiger partial charge on any atom is -0.480 e. The number of aliphatic carboxylic acids is 1. The van der Waals surface area contributed by atoms with Gasteiger partial charge in [-0.3, -0.25) is 9.59 Å². The van der Waals surface area contributed by atoms with E-state index in [-0.39, 0.29) is 18.4 Å². The first-order valence-electron chi connectivity index (χ1n) is 7.04. The van der Waals surface area contributed by atoms with E-state index in [0.717, 1.165) is 12.8 Å². The number of hydrogen-bond acceptors (Lipinski definition) is 5. The third kappa shape index (κ3) is 5.14. The Labute approximate surface area is 123 Å². The summed E-state index contributed by atoms with van der Waals surface area (Å²) in [6.45, 7) is 5.72. The maximum atomic E-state index is 12.0. The predicted octanol–water partition coefficient (Wildman–Crippen LogP) is 0.0983. The molecule has 8 heteroatoms. The summed E-state index contributed by atoms with van der Waals surface area (Å²) in [5.41, 5.74) is 5.89. The fraction of sp³-hybridized carbons (Fsp3) is 0.692. The van der Waals surface area contributed by atoms with Crippen LogP contribution in [0.3, 0.4) is 0 Å². The van der Waals surface area contributed by atoms with Crippen LogP contribution < -0.4 is 11.1 Å². The average Bonchev–Trinajstić information content (AvgIpc) is 2.86. The summed E-state index contributed by atoms with van der Waals surface area (Å²) in [5, 5.41) is 19.4. The molecule has 21 heavy (non-hydrogen) atoms. The lowest BCUT2D eigenvalue weighted by Gasteiger charge is -2.16. The Bertz CT molecular complexity index is 488. The molecule has 1 aromatic rings. The molecule has 0 fully saturated rings. The van der Waals surface area contributed by atoms with Crippen LogP contribution in [-0.2, 0) is 16.0 Å². The van der Waals surface area contributed by atoms with Crippen LogP contribution >= 0.6 is 0 Å². The van der Waals surface area contributed by atoms with Crippen molar-refractivity contribution in [1.82, 2.24) is 20.3 Å². The van der Waals surface area contributed by atoms with E-state index in [4.69, 9.17) is 10.8 Å². The molecule has 0 aromatic carbocycles. The molecular formula is C13H23N5O3. The lowest BCUT2D eigenvalue weighted by molar-refractivity contribution is -0.138. The van der Waals surface area contributed by atoms with Gasteiger partial charge in [0.1, 0.15) is 12.1 Å². The molecular weight excluding hydrogens is 274 g/mol. The fourth-order valence-electron chi connectivity index (χ4n) is 1.90. The lowest BCUT2D eigenvalue weighted by Crippen LogP contribution is -2.37. The van der Waals surface area contributed by atoms with Crippen molar-refractivity contribution in [2.45, 2.75) is 58.2 Å². The molecule has 0 aliphatic heterocycles. The van der Waals surface area contributed by atoms with Crippen LogP contribution in [0.5, 0.6) is 0 Å². The minimum absolute atomic E-state index is 0.0793. The first kappa shape index (κ1) is 17.1. The molecule has 1 heterocycles. The molecule has 0 spiro atoms. The van der Waals surface area contributed by atoms with Crippen LogP contribution in [0.2, 0.25) is 0 Å². The van der Waals surface area contributed by atoms with Gasteiger partial charge in [0.05, 0.1) is 5.69 Å². The van der Waals surface area contributed by atoms with E-state index < -0.39 is 18.1 Å². The third-order valence-corrected chi connectivity index (χ3v) is 3.19. The van der Waals surface area contributed by atoms with E-state index in [2.05, 4.69) is 22.6 Å². The number of amides is 1. The van der Waals surface area contributed by atoms with E-state index >= 15 is 0 Å². The molecule has 3 unspecified atom stereocenters. The zero-order valence-corrected chi connectivity index (χ0v) is 12.6. The average molecular weight is 297 g/mol. The first-order valence-corrected chi connectivity index (χ1v) is 7.04. The Hall–Kier alpha value is -1.96. The van der Waals surface area contributed by atoms with Crippen LogP contribution in [0.15, 0.2) is 6.20 Å². The van der Waals surface area contributed by atoms with E-state index in [1.807, 2.05) is 6.92 Å². The Morgan fingerprint density at radius 1 is 1.48 bits per heavy atom. The van der Waals surface area contributed by atoms with Gasteiger partial charge >= 0.3 is 5.97 Å². The number of nitrogens with two attached hydrogens (primary N) is 1. The lowest BCUT2D eigenvalue weighted by atomic mass is 10.2. The normalized spacial score (nSPS) is 15.2. The van der Waals surface area contributed by atoms with Crippen molar-refractivity contribution in [2.75, 3.05) is 0 Å². The van der Waals surface area contributed by atoms with E-state index in [0.29, 0.717) is 5.69 Å². The van der Waals surface area contributed by atoms with Gasteiger partial charge in [0.25, 0.3) is 0 Å². The van der Waals surface area contributed by atoms with Crippen LogP contribution in [-0.4, -0.2) is 44.1 Å². The Kier molecular flexibility index (Phi) is 6.29. The van der Waals surface area contributed by atoms with Gasteiger partial charge in [-0.15, -0.1) is 5.10 Å². The largest absolute Gasteiger partial charge is 0.480 e. The van der Waals surface area contributed by atoms with Crippen LogP contribution in [0.25, 0.3) is 0 Å². The van der Waals surface area contributed by atoms with Crippen molar-refractivity contribution in [2.24, 2.45) is 5.73 Å². The van der Waals surface area contributed by atoms with Gasteiger partial charge in [-0.1, -0.05) is 18.6 Å². The Balaban J connectivity index is 2.62. The first-order chi connectivity index (χ1) is 9.85. The van der Waals surface area contributed by atoms with Crippen molar-refractivity contribution >= 4 is 11.9 Å². The van der Waals surface area contributed by atoms with Gasteiger partial charge in [0, 0.05) is 18.7 Å². The van der Waals surface area contributed by atoms with Crippen molar-refractivity contribution < 1.29 is 14.7 Å². The highest BCUT2D eigenvalue weighted by Crippen LogP contribution is 2.07. The molecule has 0 saturated carbocycles. The molecule has 8 nitrogen and oxygen atoms in total. The molecule has 4 N–H and O–H groups in total. The van der Waals surface area contributed by atoms with Gasteiger partial charge in [0.2, 0.25) is 5.91 Å². The Morgan fingerprint density at radius 2 is 2.14 bits per heavy atom. The molecule has 118 valence electrons. The molecule has 0 saturated heterocycles. The smallest absolute Gasteiger partial charge is 0.320 e. The van der Waals surface area contributed by atoms with Crippen molar-refractivity contribution in [3.05, 3.63) is 11.9 Å². The van der Waals surface area contributed by atoms with E-state index in [1.165, 1.54) is 4.68 Å². The molecule has 1 amide bonds. The van der Waals surface area contributed by atoms with Gasteiger partial charge in [-0.2, -0.15) is 0 Å². The summed E-state index contributed by atoms with van der Waals surface area (Å²) in [4.78, 5) is 22.7. The molecule has 0 bridgehead atoms. The van der Waals surface area contributed by atoms with Gasteiger partial charge < -0.3 is 16.2 Å². The third-order valence-electron chi connectivity index (χ3n) is 3.19. The highest BCUT2D eigenvalue weighted by Gasteiger charge is 2.20. The number of aromatic nitrogens is 3. The number of nitrogens with zero attached hydrogens (tertiary/aromatic N) is 3. The van der Waals surface area contributed by atoms with Crippen LogP contribution in [0.1, 0.15) is 45.3 Å². The molecule has 1 aromatic heterocycles. The number of carbonyl (C=O) groups excluding carboxylic acids is 1. The number of carboxylic acids is 1. The Morgan fingerprint density at radius 3 is 2.71 bits per heavy atom. The summed E-state index contributed by atoms with van der Waals surface area (Å²) in [6, 6.07) is -1.43. The molecule has 0 radical (unpaired) electrons. The van der Waals surface area contributed by atoms with Gasteiger partial charge in [-0.05, 0) is 20.3 Å². The second-order valence-corrected chi connectivity index (χ2v) is 5.21. The molecule has 0 aliphatic rings. The highest BCUT2D eigenvalue weighted by molar-refractivity contribution is 5.80. The van der Waals surface area contributed by atoms with Gasteiger partial charge in [0.15, 0.2) is 0 Å². The number of hydrogen-bond donors (Lipinski definition) is 3. The summed E-state index contributed by atoms with van der Waals surface area (Å²) in [5.74, 6) is -1.24. The predicted molar refractivity (Wildman–Crippen MR) is 76.6 cm³/mol. The maximum Gasteiger partial charge on any atom is 0.320 e. The van der Waals surface area contributed by atoms with Crippen molar-refractivity contribution in [3.63, 3.8) is 0 Å². The second-order valence-electron chi connectivity index (χ2n) is 5.21. The minimum atomic E-state index is -1.09. The van der Waals surface area contributed by atoms with Gasteiger partial charge in [-0.25, -0.2) is 4.68 Å².